The Labute approximate surface area is 82.6 Å². The number of halogens is 2. The van der Waals surface area contributed by atoms with Crippen LogP contribution < -0.4 is 5.32 Å². The number of piperazine rings is 1. The van der Waals surface area contributed by atoms with E-state index >= 15 is 0 Å². The highest BCUT2D eigenvalue weighted by Crippen LogP contribution is 2.44. The van der Waals surface area contributed by atoms with E-state index in [-0.39, 0.29) is 18.9 Å². The van der Waals surface area contributed by atoms with Gasteiger partial charge in [0.15, 0.2) is 0 Å². The molecular weight excluding hydrogens is 186 g/mol. The van der Waals surface area contributed by atoms with Crippen molar-refractivity contribution in [3.8, 4) is 0 Å². The second-order valence-electron chi connectivity index (χ2n) is 4.91. The summed E-state index contributed by atoms with van der Waals surface area (Å²) in [5, 5.41) is 3.37. The van der Waals surface area contributed by atoms with Gasteiger partial charge in [0.2, 0.25) is 0 Å². The van der Waals surface area contributed by atoms with E-state index in [1.807, 2.05) is 0 Å². The molecule has 3 fully saturated rings. The predicted molar refractivity (Wildman–Crippen MR) is 49.5 cm³/mol. The van der Waals surface area contributed by atoms with Crippen molar-refractivity contribution in [1.29, 1.82) is 0 Å². The van der Waals surface area contributed by atoms with Crippen LogP contribution in [0, 0.1) is 0 Å². The summed E-state index contributed by atoms with van der Waals surface area (Å²) in [4.78, 5) is 2.37. The fourth-order valence-electron chi connectivity index (χ4n) is 3.25. The first-order chi connectivity index (χ1) is 6.66. The monoisotopic (exact) mass is 202 g/mol. The van der Waals surface area contributed by atoms with Gasteiger partial charge >= 0.3 is 0 Å². The number of rotatable bonds is 1. The summed E-state index contributed by atoms with van der Waals surface area (Å²) < 4.78 is 25.6. The fraction of sp³-hybridized carbons (Fsp3) is 1.00. The highest BCUT2D eigenvalue weighted by atomic mass is 19.3. The Hall–Kier alpha value is -0.220. The van der Waals surface area contributed by atoms with Gasteiger partial charge in [-0.05, 0) is 12.8 Å². The number of fused-ring (bicyclic) bond motifs is 2. The molecule has 0 radical (unpaired) electrons. The topological polar surface area (TPSA) is 15.3 Å². The molecule has 0 aromatic heterocycles. The van der Waals surface area contributed by atoms with E-state index in [1.165, 1.54) is 12.8 Å². The average molecular weight is 202 g/mol. The summed E-state index contributed by atoms with van der Waals surface area (Å²) in [5.74, 6) is -2.37. The smallest absolute Gasteiger partial charge is 0.251 e. The molecule has 80 valence electrons. The van der Waals surface area contributed by atoms with Gasteiger partial charge in [0, 0.05) is 44.1 Å². The molecule has 3 aliphatic rings. The summed E-state index contributed by atoms with van der Waals surface area (Å²) in [6.07, 6.45) is 2.58. The van der Waals surface area contributed by atoms with Crippen molar-refractivity contribution in [2.75, 3.05) is 13.1 Å². The molecule has 2 atom stereocenters. The van der Waals surface area contributed by atoms with Crippen LogP contribution in [0.15, 0.2) is 0 Å². The standard InChI is InChI=1S/C10H16F2N2/c11-10(12)3-9(4-10)14-7-1-2-8(14)6-13-5-7/h7-9,13H,1-6H2. The Kier molecular flexibility index (Phi) is 1.86. The lowest BCUT2D eigenvalue weighted by molar-refractivity contribution is -0.136. The SMILES string of the molecule is FC1(F)CC(N2C3CCC2CNC3)C1. The van der Waals surface area contributed by atoms with Gasteiger partial charge < -0.3 is 5.32 Å². The number of hydrogen-bond donors (Lipinski definition) is 1. The van der Waals surface area contributed by atoms with Crippen LogP contribution in [0.5, 0.6) is 0 Å². The molecule has 2 aliphatic heterocycles. The third-order valence-electron chi connectivity index (χ3n) is 3.93. The zero-order valence-corrected chi connectivity index (χ0v) is 8.18. The largest absolute Gasteiger partial charge is 0.314 e. The lowest BCUT2D eigenvalue weighted by atomic mass is 9.85. The van der Waals surface area contributed by atoms with Crippen LogP contribution in [0.3, 0.4) is 0 Å². The van der Waals surface area contributed by atoms with Crippen LogP contribution >= 0.6 is 0 Å². The third kappa shape index (κ3) is 1.27. The molecule has 0 aromatic rings. The van der Waals surface area contributed by atoms with Gasteiger partial charge in [-0.3, -0.25) is 4.90 Å². The van der Waals surface area contributed by atoms with Crippen molar-refractivity contribution in [2.45, 2.75) is 49.7 Å². The second-order valence-corrected chi connectivity index (χ2v) is 4.91. The van der Waals surface area contributed by atoms with E-state index in [0.29, 0.717) is 12.1 Å². The summed E-state index contributed by atoms with van der Waals surface area (Å²) in [5.41, 5.74) is 0. The maximum absolute atomic E-state index is 12.8. The molecule has 0 aromatic carbocycles. The van der Waals surface area contributed by atoms with Crippen molar-refractivity contribution in [1.82, 2.24) is 10.2 Å². The Morgan fingerprint density at radius 3 is 2.07 bits per heavy atom. The maximum Gasteiger partial charge on any atom is 0.251 e. The molecule has 3 rings (SSSR count). The first-order valence-electron chi connectivity index (χ1n) is 5.52. The normalized spacial score (nSPS) is 42.4. The lowest BCUT2D eigenvalue weighted by Crippen LogP contribution is -2.61. The molecule has 2 saturated heterocycles. The molecule has 2 heterocycles. The first-order valence-corrected chi connectivity index (χ1v) is 5.52. The zero-order chi connectivity index (χ0) is 9.76. The second kappa shape index (κ2) is 2.89. The number of hydrogen-bond acceptors (Lipinski definition) is 2. The Morgan fingerprint density at radius 1 is 1.00 bits per heavy atom. The number of alkyl halides is 2. The highest BCUT2D eigenvalue weighted by Gasteiger charge is 2.52. The summed E-state index contributed by atoms with van der Waals surface area (Å²) >= 11 is 0. The number of nitrogens with zero attached hydrogens (tertiary/aromatic N) is 1. The molecular formula is C10H16F2N2. The van der Waals surface area contributed by atoms with E-state index in [0.717, 1.165) is 13.1 Å². The summed E-state index contributed by atoms with van der Waals surface area (Å²) in [7, 11) is 0. The lowest BCUT2D eigenvalue weighted by Gasteiger charge is -2.48. The molecule has 1 N–H and O–H groups in total. The Morgan fingerprint density at radius 2 is 1.57 bits per heavy atom. The Balaban J connectivity index is 1.68. The minimum Gasteiger partial charge on any atom is -0.314 e. The molecule has 2 nitrogen and oxygen atoms in total. The molecule has 14 heavy (non-hydrogen) atoms. The van der Waals surface area contributed by atoms with Crippen LogP contribution in [-0.2, 0) is 0 Å². The third-order valence-corrected chi connectivity index (χ3v) is 3.93. The molecule has 2 unspecified atom stereocenters. The minimum atomic E-state index is -2.37. The van der Waals surface area contributed by atoms with Gasteiger partial charge in [-0.1, -0.05) is 0 Å². The summed E-state index contributed by atoms with van der Waals surface area (Å²) in [6, 6.07) is 1.24. The van der Waals surface area contributed by atoms with Crippen molar-refractivity contribution < 1.29 is 8.78 Å². The molecule has 0 spiro atoms. The van der Waals surface area contributed by atoms with E-state index < -0.39 is 5.92 Å². The van der Waals surface area contributed by atoms with Crippen molar-refractivity contribution in [3.63, 3.8) is 0 Å². The number of nitrogens with one attached hydrogen (secondary N) is 1. The van der Waals surface area contributed by atoms with Gasteiger partial charge in [0.05, 0.1) is 0 Å². The van der Waals surface area contributed by atoms with Crippen LogP contribution in [0.4, 0.5) is 8.78 Å². The van der Waals surface area contributed by atoms with Crippen LogP contribution in [0.25, 0.3) is 0 Å². The summed E-state index contributed by atoms with van der Waals surface area (Å²) in [6.45, 7) is 2.00. The van der Waals surface area contributed by atoms with Crippen LogP contribution in [0.2, 0.25) is 0 Å². The van der Waals surface area contributed by atoms with E-state index in [1.54, 1.807) is 0 Å². The molecule has 1 saturated carbocycles. The first kappa shape index (κ1) is 9.04. The van der Waals surface area contributed by atoms with Gasteiger partial charge in [-0.15, -0.1) is 0 Å². The van der Waals surface area contributed by atoms with Crippen molar-refractivity contribution in [3.05, 3.63) is 0 Å². The molecule has 0 amide bonds. The highest BCUT2D eigenvalue weighted by molar-refractivity contribution is 5.03. The van der Waals surface area contributed by atoms with Gasteiger partial charge in [-0.25, -0.2) is 8.78 Å². The predicted octanol–water partition coefficient (Wildman–Crippen LogP) is 1.22. The van der Waals surface area contributed by atoms with Crippen LogP contribution in [-0.4, -0.2) is 42.0 Å². The molecule has 1 aliphatic carbocycles. The van der Waals surface area contributed by atoms with Gasteiger partial charge in [0.1, 0.15) is 0 Å². The van der Waals surface area contributed by atoms with E-state index in [2.05, 4.69) is 10.2 Å². The van der Waals surface area contributed by atoms with Gasteiger partial charge in [-0.2, -0.15) is 0 Å². The van der Waals surface area contributed by atoms with Crippen LogP contribution in [0.1, 0.15) is 25.7 Å². The zero-order valence-electron chi connectivity index (χ0n) is 8.18. The van der Waals surface area contributed by atoms with Crippen molar-refractivity contribution >= 4 is 0 Å². The van der Waals surface area contributed by atoms with Crippen molar-refractivity contribution in [2.24, 2.45) is 0 Å². The average Bonchev–Trinajstić information content (AvgIpc) is 2.30. The Bertz CT molecular complexity index is 220. The fourth-order valence-corrected chi connectivity index (χ4v) is 3.25. The van der Waals surface area contributed by atoms with Gasteiger partial charge in [0.25, 0.3) is 5.92 Å². The molecule has 4 heteroatoms. The van der Waals surface area contributed by atoms with E-state index in [4.69, 9.17) is 0 Å². The minimum absolute atomic E-state index is 0.0972. The van der Waals surface area contributed by atoms with E-state index in [9.17, 15) is 8.78 Å². The molecule has 2 bridgehead atoms. The quantitative estimate of drug-likeness (QED) is 0.687. The maximum atomic E-state index is 12.8.